The molecular formula is C14H12BrNO3. The van der Waals surface area contributed by atoms with Crippen molar-refractivity contribution >= 4 is 21.9 Å². The van der Waals surface area contributed by atoms with E-state index in [-0.39, 0.29) is 5.97 Å². The van der Waals surface area contributed by atoms with Crippen LogP contribution in [0.3, 0.4) is 0 Å². The molecule has 0 fully saturated rings. The third-order valence-corrected chi connectivity index (χ3v) is 3.28. The van der Waals surface area contributed by atoms with E-state index < -0.39 is 0 Å². The number of carbonyl (C=O) groups is 1. The lowest BCUT2D eigenvalue weighted by molar-refractivity contribution is 0.0600. The lowest BCUT2D eigenvalue weighted by Gasteiger charge is -2.07. The first-order valence-corrected chi connectivity index (χ1v) is 6.33. The number of halogens is 1. The standard InChI is InChI=1S/C14H12BrNO3/c1-18-13-8-9(3-4-11(13)15)12-7-10(5-6-16-12)14(17)19-2/h3-8H,1-2H3. The zero-order valence-corrected chi connectivity index (χ0v) is 12.1. The van der Waals surface area contributed by atoms with E-state index in [9.17, 15) is 4.79 Å². The van der Waals surface area contributed by atoms with E-state index in [1.54, 1.807) is 25.4 Å². The van der Waals surface area contributed by atoms with Crippen LogP contribution in [-0.4, -0.2) is 25.2 Å². The number of hydrogen-bond donors (Lipinski definition) is 0. The maximum atomic E-state index is 11.5. The topological polar surface area (TPSA) is 48.4 Å². The van der Waals surface area contributed by atoms with E-state index in [1.807, 2.05) is 18.2 Å². The molecule has 0 aliphatic rings. The van der Waals surface area contributed by atoms with Crippen LogP contribution in [0.25, 0.3) is 11.3 Å². The van der Waals surface area contributed by atoms with Gasteiger partial charge in [-0.15, -0.1) is 0 Å². The molecule has 0 aliphatic heterocycles. The molecule has 0 N–H and O–H groups in total. The van der Waals surface area contributed by atoms with Gasteiger partial charge < -0.3 is 9.47 Å². The number of benzene rings is 1. The largest absolute Gasteiger partial charge is 0.496 e. The average molecular weight is 322 g/mol. The molecule has 0 amide bonds. The molecule has 0 saturated heterocycles. The number of aromatic nitrogens is 1. The second-order valence-electron chi connectivity index (χ2n) is 3.77. The Morgan fingerprint density at radius 1 is 1.21 bits per heavy atom. The van der Waals surface area contributed by atoms with Crippen LogP contribution in [0, 0.1) is 0 Å². The number of rotatable bonds is 3. The SMILES string of the molecule is COC(=O)c1ccnc(-c2ccc(Br)c(OC)c2)c1. The van der Waals surface area contributed by atoms with Gasteiger partial charge in [-0.3, -0.25) is 4.98 Å². The Morgan fingerprint density at radius 2 is 2.00 bits per heavy atom. The summed E-state index contributed by atoms with van der Waals surface area (Å²) in [5, 5.41) is 0. The monoisotopic (exact) mass is 321 g/mol. The molecule has 0 unspecified atom stereocenters. The molecule has 0 spiro atoms. The summed E-state index contributed by atoms with van der Waals surface area (Å²) >= 11 is 3.39. The maximum absolute atomic E-state index is 11.5. The van der Waals surface area contributed by atoms with Crippen molar-refractivity contribution in [2.24, 2.45) is 0 Å². The highest BCUT2D eigenvalue weighted by Crippen LogP contribution is 2.30. The number of methoxy groups -OCH3 is 2. The van der Waals surface area contributed by atoms with E-state index in [4.69, 9.17) is 9.47 Å². The molecule has 1 aromatic carbocycles. The Balaban J connectivity index is 2.44. The molecule has 5 heteroatoms. The average Bonchev–Trinajstić information content (AvgIpc) is 2.47. The van der Waals surface area contributed by atoms with E-state index in [0.717, 1.165) is 10.0 Å². The Bertz CT molecular complexity index is 613. The number of nitrogens with zero attached hydrogens (tertiary/aromatic N) is 1. The van der Waals surface area contributed by atoms with Crippen molar-refractivity contribution in [2.75, 3.05) is 14.2 Å². The van der Waals surface area contributed by atoms with Gasteiger partial charge in [0.2, 0.25) is 0 Å². The first-order valence-electron chi connectivity index (χ1n) is 5.54. The van der Waals surface area contributed by atoms with Crippen molar-refractivity contribution in [3.63, 3.8) is 0 Å². The molecule has 0 bridgehead atoms. The molecule has 2 aromatic rings. The van der Waals surface area contributed by atoms with Gasteiger partial charge in [-0.1, -0.05) is 6.07 Å². The number of ether oxygens (including phenoxy) is 2. The summed E-state index contributed by atoms with van der Waals surface area (Å²) in [5.74, 6) is 0.329. The zero-order valence-electron chi connectivity index (χ0n) is 10.5. The summed E-state index contributed by atoms with van der Waals surface area (Å²) in [6.45, 7) is 0. The van der Waals surface area contributed by atoms with Crippen LogP contribution >= 0.6 is 15.9 Å². The lowest BCUT2D eigenvalue weighted by atomic mass is 10.1. The minimum absolute atomic E-state index is 0.382. The Kier molecular flexibility index (Phi) is 4.16. The van der Waals surface area contributed by atoms with Gasteiger partial charge in [0.1, 0.15) is 5.75 Å². The molecule has 4 nitrogen and oxygen atoms in total. The van der Waals surface area contributed by atoms with Crippen LogP contribution in [-0.2, 0) is 4.74 Å². The van der Waals surface area contributed by atoms with Gasteiger partial charge in [0.15, 0.2) is 0 Å². The van der Waals surface area contributed by atoms with E-state index >= 15 is 0 Å². The predicted molar refractivity (Wildman–Crippen MR) is 75.3 cm³/mol. The molecule has 1 heterocycles. The second kappa shape index (κ2) is 5.84. The number of hydrogen-bond acceptors (Lipinski definition) is 4. The number of carbonyl (C=O) groups excluding carboxylic acids is 1. The fraction of sp³-hybridized carbons (Fsp3) is 0.143. The van der Waals surface area contributed by atoms with Crippen molar-refractivity contribution in [1.82, 2.24) is 4.98 Å². The number of esters is 1. The molecule has 1 aromatic heterocycles. The molecule has 2 rings (SSSR count). The van der Waals surface area contributed by atoms with Crippen molar-refractivity contribution in [3.05, 3.63) is 46.6 Å². The highest BCUT2D eigenvalue weighted by Gasteiger charge is 2.09. The van der Waals surface area contributed by atoms with Crippen molar-refractivity contribution in [2.45, 2.75) is 0 Å². The molecule has 98 valence electrons. The zero-order chi connectivity index (χ0) is 13.8. The van der Waals surface area contributed by atoms with Gasteiger partial charge in [0.05, 0.1) is 29.9 Å². The van der Waals surface area contributed by atoms with Crippen LogP contribution in [0.2, 0.25) is 0 Å². The maximum Gasteiger partial charge on any atom is 0.337 e. The molecule has 0 radical (unpaired) electrons. The van der Waals surface area contributed by atoms with Crippen LogP contribution in [0.1, 0.15) is 10.4 Å². The molecule has 19 heavy (non-hydrogen) atoms. The smallest absolute Gasteiger partial charge is 0.337 e. The minimum atomic E-state index is -0.382. The third kappa shape index (κ3) is 2.93. The van der Waals surface area contributed by atoms with Crippen LogP contribution in [0.4, 0.5) is 0 Å². The van der Waals surface area contributed by atoms with Crippen molar-refractivity contribution in [1.29, 1.82) is 0 Å². The Labute approximate surface area is 119 Å². The van der Waals surface area contributed by atoms with Gasteiger partial charge in [0, 0.05) is 11.8 Å². The highest BCUT2D eigenvalue weighted by atomic mass is 79.9. The quantitative estimate of drug-likeness (QED) is 0.814. The van der Waals surface area contributed by atoms with Crippen LogP contribution in [0.5, 0.6) is 5.75 Å². The molecule has 0 atom stereocenters. The van der Waals surface area contributed by atoms with Crippen molar-refractivity contribution < 1.29 is 14.3 Å². The first-order chi connectivity index (χ1) is 9.15. The van der Waals surface area contributed by atoms with Crippen LogP contribution < -0.4 is 4.74 Å². The summed E-state index contributed by atoms with van der Waals surface area (Å²) in [5.41, 5.74) is 2.02. The minimum Gasteiger partial charge on any atom is -0.496 e. The summed E-state index contributed by atoms with van der Waals surface area (Å²) in [6.07, 6.45) is 1.58. The lowest BCUT2D eigenvalue weighted by Crippen LogP contribution is -2.01. The van der Waals surface area contributed by atoms with Gasteiger partial charge in [-0.05, 0) is 40.2 Å². The van der Waals surface area contributed by atoms with Gasteiger partial charge in [-0.25, -0.2) is 4.79 Å². The summed E-state index contributed by atoms with van der Waals surface area (Å²) in [6, 6.07) is 8.93. The third-order valence-electron chi connectivity index (χ3n) is 2.63. The summed E-state index contributed by atoms with van der Waals surface area (Å²) < 4.78 is 10.8. The van der Waals surface area contributed by atoms with E-state index in [0.29, 0.717) is 17.0 Å². The van der Waals surface area contributed by atoms with Gasteiger partial charge in [0.25, 0.3) is 0 Å². The molecule has 0 saturated carbocycles. The fourth-order valence-electron chi connectivity index (χ4n) is 1.65. The summed E-state index contributed by atoms with van der Waals surface area (Å²) in [4.78, 5) is 15.7. The Morgan fingerprint density at radius 3 is 2.68 bits per heavy atom. The Hall–Kier alpha value is -1.88. The van der Waals surface area contributed by atoms with Gasteiger partial charge in [-0.2, -0.15) is 0 Å². The van der Waals surface area contributed by atoms with Gasteiger partial charge >= 0.3 is 5.97 Å². The van der Waals surface area contributed by atoms with E-state index in [1.165, 1.54) is 7.11 Å². The summed E-state index contributed by atoms with van der Waals surface area (Å²) in [7, 11) is 2.95. The van der Waals surface area contributed by atoms with Crippen LogP contribution in [0.15, 0.2) is 41.0 Å². The van der Waals surface area contributed by atoms with E-state index in [2.05, 4.69) is 20.9 Å². The second-order valence-corrected chi connectivity index (χ2v) is 4.63. The first kappa shape index (κ1) is 13.5. The number of pyridine rings is 1. The van der Waals surface area contributed by atoms with Crippen molar-refractivity contribution in [3.8, 4) is 17.0 Å². The molecular weight excluding hydrogens is 310 g/mol. The predicted octanol–water partition coefficient (Wildman–Crippen LogP) is 3.31. The normalized spacial score (nSPS) is 10.1. The highest BCUT2D eigenvalue weighted by molar-refractivity contribution is 9.10. The fourth-order valence-corrected chi connectivity index (χ4v) is 2.06. The molecule has 0 aliphatic carbocycles.